The van der Waals surface area contributed by atoms with Crippen molar-refractivity contribution in [1.29, 1.82) is 0 Å². The molecule has 0 aromatic rings. The van der Waals surface area contributed by atoms with E-state index in [1.54, 1.807) is 0 Å². The fraction of sp³-hybridized carbons (Fsp3) is 0.917. The highest BCUT2D eigenvalue weighted by atomic mass is 16.7. The van der Waals surface area contributed by atoms with Gasteiger partial charge in [-0.3, -0.25) is 4.79 Å². The first-order valence-electron chi connectivity index (χ1n) is 6.31. The molecular formula is C12H23NO4. The van der Waals surface area contributed by atoms with E-state index in [1.807, 2.05) is 20.8 Å². The van der Waals surface area contributed by atoms with Crippen LogP contribution in [0.25, 0.3) is 0 Å². The Kier molecular flexibility index (Phi) is 6.47. The largest absolute Gasteiger partial charge is 0.368 e. The van der Waals surface area contributed by atoms with E-state index in [9.17, 15) is 4.79 Å². The van der Waals surface area contributed by atoms with Gasteiger partial charge in [0.15, 0.2) is 6.29 Å². The Bertz CT molecular complexity index is 229. The molecule has 0 spiro atoms. The van der Waals surface area contributed by atoms with Crippen molar-refractivity contribution in [3.05, 3.63) is 0 Å². The number of rotatable bonds is 7. The van der Waals surface area contributed by atoms with Crippen LogP contribution in [0.15, 0.2) is 0 Å². The van der Waals surface area contributed by atoms with Crippen LogP contribution in [0, 0.1) is 5.92 Å². The molecule has 1 saturated heterocycles. The van der Waals surface area contributed by atoms with Gasteiger partial charge in [0.1, 0.15) is 6.10 Å². The Balaban J connectivity index is 2.29. The van der Waals surface area contributed by atoms with Crippen molar-refractivity contribution in [2.24, 2.45) is 5.92 Å². The van der Waals surface area contributed by atoms with Gasteiger partial charge in [-0.2, -0.15) is 0 Å². The molecule has 0 aliphatic carbocycles. The van der Waals surface area contributed by atoms with E-state index in [0.717, 1.165) is 6.42 Å². The van der Waals surface area contributed by atoms with Crippen molar-refractivity contribution < 1.29 is 19.0 Å². The summed E-state index contributed by atoms with van der Waals surface area (Å²) < 4.78 is 16.1. The summed E-state index contributed by atoms with van der Waals surface area (Å²) >= 11 is 0. The average Bonchev–Trinajstić information content (AvgIpc) is 2.72. The second-order valence-corrected chi connectivity index (χ2v) is 4.14. The minimum Gasteiger partial charge on any atom is -0.368 e. The van der Waals surface area contributed by atoms with E-state index in [1.165, 1.54) is 0 Å². The van der Waals surface area contributed by atoms with Crippen LogP contribution in [0.1, 0.15) is 27.2 Å². The van der Waals surface area contributed by atoms with Gasteiger partial charge in [-0.05, 0) is 26.2 Å². The van der Waals surface area contributed by atoms with Gasteiger partial charge < -0.3 is 19.5 Å². The van der Waals surface area contributed by atoms with Gasteiger partial charge in [0, 0.05) is 19.8 Å². The topological polar surface area (TPSA) is 56.8 Å². The van der Waals surface area contributed by atoms with Crippen LogP contribution in [0.2, 0.25) is 0 Å². The maximum Gasteiger partial charge on any atom is 0.249 e. The van der Waals surface area contributed by atoms with Gasteiger partial charge in [0.25, 0.3) is 0 Å². The maximum absolute atomic E-state index is 11.8. The minimum absolute atomic E-state index is 0.0700. The number of amides is 1. The van der Waals surface area contributed by atoms with Gasteiger partial charge in [-0.25, -0.2) is 0 Å². The molecule has 1 rings (SSSR count). The van der Waals surface area contributed by atoms with Crippen molar-refractivity contribution >= 4 is 5.91 Å². The van der Waals surface area contributed by atoms with Crippen LogP contribution < -0.4 is 5.32 Å². The lowest BCUT2D eigenvalue weighted by Crippen LogP contribution is -2.42. The molecule has 5 heteroatoms. The zero-order valence-corrected chi connectivity index (χ0v) is 10.9. The monoisotopic (exact) mass is 245 g/mol. The molecule has 5 nitrogen and oxygen atoms in total. The van der Waals surface area contributed by atoms with Crippen molar-refractivity contribution in [2.75, 3.05) is 26.4 Å². The second kappa shape index (κ2) is 7.63. The van der Waals surface area contributed by atoms with E-state index in [4.69, 9.17) is 14.2 Å². The molecule has 1 aliphatic rings. The van der Waals surface area contributed by atoms with Crippen molar-refractivity contribution in [2.45, 2.75) is 39.6 Å². The highest BCUT2D eigenvalue weighted by Gasteiger charge is 2.30. The lowest BCUT2D eigenvalue weighted by molar-refractivity contribution is -0.145. The molecule has 0 bridgehead atoms. The van der Waals surface area contributed by atoms with Crippen LogP contribution in [0.4, 0.5) is 0 Å². The van der Waals surface area contributed by atoms with E-state index in [0.29, 0.717) is 26.4 Å². The third kappa shape index (κ3) is 4.61. The molecule has 1 fully saturated rings. The van der Waals surface area contributed by atoms with Gasteiger partial charge in [0.2, 0.25) is 5.91 Å². The first-order valence-corrected chi connectivity index (χ1v) is 6.31. The Morgan fingerprint density at radius 2 is 2.06 bits per heavy atom. The number of ether oxygens (including phenoxy) is 3. The van der Waals surface area contributed by atoms with Gasteiger partial charge in [-0.15, -0.1) is 0 Å². The van der Waals surface area contributed by atoms with Crippen LogP contribution in [-0.2, 0) is 19.0 Å². The zero-order valence-electron chi connectivity index (χ0n) is 10.9. The number of hydrogen-bond donors (Lipinski definition) is 1. The van der Waals surface area contributed by atoms with E-state index in [-0.39, 0.29) is 24.2 Å². The molecule has 0 saturated carbocycles. The molecule has 17 heavy (non-hydrogen) atoms. The predicted octanol–water partition coefficient (Wildman–Crippen LogP) is 0.927. The molecule has 1 N–H and O–H groups in total. The molecule has 1 heterocycles. The summed E-state index contributed by atoms with van der Waals surface area (Å²) in [5, 5.41) is 2.81. The summed E-state index contributed by atoms with van der Waals surface area (Å²) in [4.78, 5) is 11.8. The molecule has 1 amide bonds. The van der Waals surface area contributed by atoms with Crippen LogP contribution in [0.5, 0.6) is 0 Å². The normalized spacial score (nSPS) is 24.2. The minimum atomic E-state index is -0.370. The molecule has 0 radical (unpaired) electrons. The SMILES string of the molecule is CCOC(CNC(=O)C1OCCC1C)OCC. The molecule has 0 aromatic heterocycles. The van der Waals surface area contributed by atoms with Gasteiger partial charge >= 0.3 is 0 Å². The lowest BCUT2D eigenvalue weighted by atomic mass is 10.0. The fourth-order valence-corrected chi connectivity index (χ4v) is 1.85. The zero-order chi connectivity index (χ0) is 12.7. The second-order valence-electron chi connectivity index (χ2n) is 4.14. The Morgan fingerprint density at radius 3 is 2.53 bits per heavy atom. The third-order valence-corrected chi connectivity index (χ3v) is 2.79. The maximum atomic E-state index is 11.8. The Morgan fingerprint density at radius 1 is 1.41 bits per heavy atom. The van der Waals surface area contributed by atoms with E-state index < -0.39 is 0 Å². The molecule has 2 unspecified atom stereocenters. The summed E-state index contributed by atoms with van der Waals surface area (Å²) in [6.45, 7) is 7.99. The summed E-state index contributed by atoms with van der Waals surface area (Å²) in [6.07, 6.45) is 0.253. The fourth-order valence-electron chi connectivity index (χ4n) is 1.85. The lowest BCUT2D eigenvalue weighted by Gasteiger charge is -2.19. The molecule has 0 aromatic carbocycles. The standard InChI is InChI=1S/C12H23NO4/c1-4-15-10(16-5-2)8-13-12(14)11-9(3)6-7-17-11/h9-11H,4-8H2,1-3H3,(H,13,14). The molecule has 100 valence electrons. The Labute approximate surface area is 103 Å². The predicted molar refractivity (Wildman–Crippen MR) is 63.6 cm³/mol. The number of hydrogen-bond acceptors (Lipinski definition) is 4. The van der Waals surface area contributed by atoms with E-state index >= 15 is 0 Å². The smallest absolute Gasteiger partial charge is 0.249 e. The number of carbonyl (C=O) groups excluding carboxylic acids is 1. The first-order chi connectivity index (χ1) is 8.19. The highest BCUT2D eigenvalue weighted by molar-refractivity contribution is 5.81. The first kappa shape index (κ1) is 14.4. The van der Waals surface area contributed by atoms with Crippen molar-refractivity contribution in [3.63, 3.8) is 0 Å². The van der Waals surface area contributed by atoms with Crippen LogP contribution in [-0.4, -0.2) is 44.7 Å². The van der Waals surface area contributed by atoms with Gasteiger partial charge in [-0.1, -0.05) is 6.92 Å². The summed E-state index contributed by atoms with van der Waals surface area (Å²) in [5.41, 5.74) is 0. The van der Waals surface area contributed by atoms with Crippen LogP contribution in [0.3, 0.4) is 0 Å². The number of nitrogens with one attached hydrogen (secondary N) is 1. The van der Waals surface area contributed by atoms with Gasteiger partial charge in [0.05, 0.1) is 6.54 Å². The quantitative estimate of drug-likeness (QED) is 0.678. The van der Waals surface area contributed by atoms with Crippen LogP contribution >= 0.6 is 0 Å². The summed E-state index contributed by atoms with van der Waals surface area (Å²) in [5.74, 6) is 0.215. The molecule has 1 aliphatic heterocycles. The summed E-state index contributed by atoms with van der Waals surface area (Å²) in [6, 6.07) is 0. The summed E-state index contributed by atoms with van der Waals surface area (Å²) in [7, 11) is 0. The number of carbonyl (C=O) groups is 1. The average molecular weight is 245 g/mol. The molecular weight excluding hydrogens is 222 g/mol. The third-order valence-electron chi connectivity index (χ3n) is 2.79. The molecule has 2 atom stereocenters. The van der Waals surface area contributed by atoms with E-state index in [2.05, 4.69) is 5.32 Å². The van der Waals surface area contributed by atoms with Crippen molar-refractivity contribution in [3.8, 4) is 0 Å². The van der Waals surface area contributed by atoms with Crippen molar-refractivity contribution in [1.82, 2.24) is 5.32 Å². The Hall–Kier alpha value is -0.650. The highest BCUT2D eigenvalue weighted by Crippen LogP contribution is 2.19.